The van der Waals surface area contributed by atoms with Crippen molar-refractivity contribution in [3.8, 4) is 5.75 Å². The highest BCUT2D eigenvalue weighted by atomic mass is 32.2. The molecule has 3 aromatic carbocycles. The van der Waals surface area contributed by atoms with Gasteiger partial charge in [0.1, 0.15) is 11.8 Å². The lowest BCUT2D eigenvalue weighted by atomic mass is 10.1. The Kier molecular flexibility index (Phi) is 7.64. The summed E-state index contributed by atoms with van der Waals surface area (Å²) in [6, 6.07) is 16.3. The van der Waals surface area contributed by atoms with Gasteiger partial charge in [-0.1, -0.05) is 36.4 Å². The third kappa shape index (κ3) is 5.97. The number of ether oxygens (including phenoxy) is 1. The lowest BCUT2D eigenvalue weighted by molar-refractivity contribution is -0.384. The Balaban J connectivity index is 1.92. The first-order valence-electron chi connectivity index (χ1n) is 10.4. The van der Waals surface area contributed by atoms with Crippen LogP contribution in [0.5, 0.6) is 5.75 Å². The molecule has 0 aromatic heterocycles. The largest absolute Gasteiger partial charge is 0.496 e. The van der Waals surface area contributed by atoms with Crippen molar-refractivity contribution in [3.63, 3.8) is 0 Å². The lowest BCUT2D eigenvalue weighted by Gasteiger charge is -2.20. The number of hydrogen-bond acceptors (Lipinski definition) is 6. The normalized spacial score (nSPS) is 12.1. The standard InChI is InChI=1S/C24H25N3O6S/c1-16-9-10-19(27(29)30)15-21(16)25-24(28)22(14-18-7-5-4-6-8-18)26-34(31,32)20-11-12-23(33-3)17(2)13-20/h4-13,15,22,26H,14H2,1-3H3,(H,25,28). The van der Waals surface area contributed by atoms with E-state index in [1.165, 1.54) is 37.4 Å². The van der Waals surface area contributed by atoms with Crippen LogP contribution in [0.1, 0.15) is 16.7 Å². The zero-order valence-corrected chi connectivity index (χ0v) is 19.8. The van der Waals surface area contributed by atoms with Crippen LogP contribution < -0.4 is 14.8 Å². The van der Waals surface area contributed by atoms with Gasteiger partial charge in [0.15, 0.2) is 0 Å². The van der Waals surface area contributed by atoms with E-state index in [1.807, 2.05) is 6.07 Å². The van der Waals surface area contributed by atoms with E-state index in [9.17, 15) is 23.3 Å². The predicted molar refractivity (Wildman–Crippen MR) is 128 cm³/mol. The highest BCUT2D eigenvalue weighted by Gasteiger charge is 2.27. The summed E-state index contributed by atoms with van der Waals surface area (Å²) in [5, 5.41) is 13.8. The van der Waals surface area contributed by atoms with E-state index < -0.39 is 26.9 Å². The van der Waals surface area contributed by atoms with Crippen molar-refractivity contribution in [2.75, 3.05) is 12.4 Å². The Morgan fingerprint density at radius 1 is 1.03 bits per heavy atom. The van der Waals surface area contributed by atoms with Crippen LogP contribution in [0.15, 0.2) is 71.6 Å². The molecule has 0 heterocycles. The number of benzene rings is 3. The molecule has 0 aliphatic heterocycles. The maximum Gasteiger partial charge on any atom is 0.271 e. The predicted octanol–water partition coefficient (Wildman–Crippen LogP) is 3.75. The molecule has 9 nitrogen and oxygen atoms in total. The van der Waals surface area contributed by atoms with Gasteiger partial charge in [-0.15, -0.1) is 0 Å². The number of rotatable bonds is 9. The Morgan fingerprint density at radius 3 is 2.35 bits per heavy atom. The van der Waals surface area contributed by atoms with Crippen molar-refractivity contribution >= 4 is 27.3 Å². The third-order valence-electron chi connectivity index (χ3n) is 5.26. The van der Waals surface area contributed by atoms with Crippen LogP contribution >= 0.6 is 0 Å². The summed E-state index contributed by atoms with van der Waals surface area (Å²) in [4.78, 5) is 23.8. The van der Waals surface area contributed by atoms with E-state index in [0.29, 0.717) is 16.9 Å². The number of sulfonamides is 1. The molecule has 1 unspecified atom stereocenters. The summed E-state index contributed by atoms with van der Waals surface area (Å²) in [5.41, 5.74) is 2.02. The number of hydrogen-bond donors (Lipinski definition) is 2. The van der Waals surface area contributed by atoms with Crippen molar-refractivity contribution in [1.29, 1.82) is 0 Å². The SMILES string of the molecule is COc1ccc(S(=O)(=O)NC(Cc2ccccc2)C(=O)Nc2cc([N+](=O)[O-])ccc2C)cc1C. The molecule has 178 valence electrons. The molecule has 0 bridgehead atoms. The number of anilines is 1. The Bertz CT molecular complexity index is 1310. The molecule has 34 heavy (non-hydrogen) atoms. The van der Waals surface area contributed by atoms with Crippen LogP contribution in [-0.4, -0.2) is 32.4 Å². The molecule has 0 radical (unpaired) electrons. The average molecular weight is 484 g/mol. The van der Waals surface area contributed by atoms with Crippen LogP contribution in [0.4, 0.5) is 11.4 Å². The number of nitrogens with one attached hydrogen (secondary N) is 2. The van der Waals surface area contributed by atoms with Gasteiger partial charge in [-0.2, -0.15) is 4.72 Å². The van der Waals surface area contributed by atoms with Gasteiger partial charge in [0, 0.05) is 12.1 Å². The van der Waals surface area contributed by atoms with Gasteiger partial charge < -0.3 is 10.1 Å². The molecule has 1 atom stereocenters. The number of non-ortho nitro benzene ring substituents is 1. The number of nitro groups is 1. The molecule has 0 aliphatic rings. The van der Waals surface area contributed by atoms with Crippen molar-refractivity contribution in [2.45, 2.75) is 31.2 Å². The Hall–Kier alpha value is -3.76. The summed E-state index contributed by atoms with van der Waals surface area (Å²) in [6.07, 6.45) is 0.0784. The van der Waals surface area contributed by atoms with Gasteiger partial charge in [0.05, 0.1) is 22.6 Å². The number of aryl methyl sites for hydroxylation is 2. The zero-order valence-electron chi connectivity index (χ0n) is 18.9. The zero-order chi connectivity index (χ0) is 24.9. The number of nitrogens with zero attached hydrogens (tertiary/aromatic N) is 1. The maximum atomic E-state index is 13.2. The summed E-state index contributed by atoms with van der Waals surface area (Å²) >= 11 is 0. The minimum Gasteiger partial charge on any atom is -0.496 e. The molecule has 1 amide bonds. The second-order valence-corrected chi connectivity index (χ2v) is 9.45. The topological polar surface area (TPSA) is 128 Å². The van der Waals surface area contributed by atoms with E-state index in [1.54, 1.807) is 44.2 Å². The number of carbonyl (C=O) groups is 1. The molecule has 0 aliphatic carbocycles. The summed E-state index contributed by atoms with van der Waals surface area (Å²) in [7, 11) is -2.58. The van der Waals surface area contributed by atoms with Crippen LogP contribution in [-0.2, 0) is 21.2 Å². The second kappa shape index (κ2) is 10.4. The number of amides is 1. The van der Waals surface area contributed by atoms with Crippen molar-refractivity contribution in [2.24, 2.45) is 0 Å². The minimum absolute atomic E-state index is 0.0109. The highest BCUT2D eigenvalue weighted by molar-refractivity contribution is 7.89. The molecule has 2 N–H and O–H groups in total. The summed E-state index contributed by atoms with van der Waals surface area (Å²) < 4.78 is 33.9. The highest BCUT2D eigenvalue weighted by Crippen LogP contribution is 2.24. The van der Waals surface area contributed by atoms with Gasteiger partial charge in [0.2, 0.25) is 15.9 Å². The maximum absolute atomic E-state index is 13.2. The fraction of sp³-hybridized carbons (Fsp3) is 0.208. The molecule has 0 saturated carbocycles. The fourth-order valence-corrected chi connectivity index (χ4v) is 4.67. The third-order valence-corrected chi connectivity index (χ3v) is 6.73. The quantitative estimate of drug-likeness (QED) is 0.352. The van der Waals surface area contributed by atoms with Crippen LogP contribution in [0, 0.1) is 24.0 Å². The fourth-order valence-electron chi connectivity index (χ4n) is 3.39. The van der Waals surface area contributed by atoms with Crippen LogP contribution in [0.3, 0.4) is 0 Å². The van der Waals surface area contributed by atoms with E-state index >= 15 is 0 Å². The average Bonchev–Trinajstić information content (AvgIpc) is 2.80. The first kappa shape index (κ1) is 24.9. The van der Waals surface area contributed by atoms with Crippen LogP contribution in [0.25, 0.3) is 0 Å². The van der Waals surface area contributed by atoms with Crippen molar-refractivity contribution < 1.29 is 22.9 Å². The lowest BCUT2D eigenvalue weighted by Crippen LogP contribution is -2.45. The number of carbonyl (C=O) groups excluding carboxylic acids is 1. The minimum atomic E-state index is -4.07. The molecule has 0 saturated heterocycles. The smallest absolute Gasteiger partial charge is 0.271 e. The number of nitro benzene ring substituents is 1. The molecular formula is C24H25N3O6S. The van der Waals surface area contributed by atoms with Gasteiger partial charge in [-0.3, -0.25) is 14.9 Å². The molecular weight excluding hydrogens is 458 g/mol. The molecule has 0 fully saturated rings. The molecule has 3 rings (SSSR count). The Morgan fingerprint density at radius 2 is 1.74 bits per heavy atom. The first-order chi connectivity index (χ1) is 16.1. The van der Waals surface area contributed by atoms with Crippen LogP contribution in [0.2, 0.25) is 0 Å². The monoisotopic (exact) mass is 483 g/mol. The molecule has 10 heteroatoms. The van der Waals surface area contributed by atoms with Gasteiger partial charge in [0.25, 0.3) is 5.69 Å². The second-order valence-electron chi connectivity index (χ2n) is 7.74. The van der Waals surface area contributed by atoms with E-state index in [-0.39, 0.29) is 22.7 Å². The van der Waals surface area contributed by atoms with Gasteiger partial charge in [-0.25, -0.2) is 8.42 Å². The molecule has 0 spiro atoms. The van der Waals surface area contributed by atoms with E-state index in [2.05, 4.69) is 10.0 Å². The van der Waals surface area contributed by atoms with Crippen molar-refractivity contribution in [3.05, 3.63) is 93.5 Å². The van der Waals surface area contributed by atoms with E-state index in [0.717, 1.165) is 5.56 Å². The Labute approximate surface area is 198 Å². The van der Waals surface area contributed by atoms with Gasteiger partial charge >= 0.3 is 0 Å². The van der Waals surface area contributed by atoms with E-state index in [4.69, 9.17) is 4.74 Å². The molecule has 3 aromatic rings. The summed E-state index contributed by atoms with van der Waals surface area (Å²) in [6.45, 7) is 3.41. The van der Waals surface area contributed by atoms with Crippen molar-refractivity contribution in [1.82, 2.24) is 4.72 Å². The first-order valence-corrected chi connectivity index (χ1v) is 11.9. The summed E-state index contributed by atoms with van der Waals surface area (Å²) in [5.74, 6) is -0.0973. The van der Waals surface area contributed by atoms with Gasteiger partial charge in [-0.05, 0) is 55.2 Å². The number of methoxy groups -OCH3 is 1.